The predicted molar refractivity (Wildman–Crippen MR) is 70.6 cm³/mol. The van der Waals surface area contributed by atoms with Gasteiger partial charge in [0.05, 0.1) is 16.2 Å². The van der Waals surface area contributed by atoms with Crippen molar-refractivity contribution >= 4 is 29.3 Å². The van der Waals surface area contributed by atoms with Crippen molar-refractivity contribution in [2.24, 2.45) is 0 Å². The van der Waals surface area contributed by atoms with Crippen LogP contribution in [0.2, 0.25) is 5.02 Å². The molecule has 0 saturated heterocycles. The number of nitrogens with zero attached hydrogens (tertiary/aromatic N) is 1. The molecule has 1 unspecified atom stereocenters. The van der Waals surface area contributed by atoms with Gasteiger partial charge in [-0.1, -0.05) is 11.6 Å². The molecule has 0 saturated carbocycles. The number of hydrogen-bond acceptors (Lipinski definition) is 4. The van der Waals surface area contributed by atoms with Crippen LogP contribution in [0.25, 0.3) is 0 Å². The third-order valence-electron chi connectivity index (χ3n) is 2.10. The van der Waals surface area contributed by atoms with Crippen molar-refractivity contribution in [1.29, 1.82) is 0 Å². The Balaban J connectivity index is 2.59. The molecule has 0 bridgehead atoms. The molecule has 4 nitrogen and oxygen atoms in total. The zero-order chi connectivity index (χ0) is 12.9. The molecule has 0 fully saturated rings. The first kappa shape index (κ1) is 14.3. The number of rotatable bonds is 5. The molecular weight excluding hydrogens is 260 g/mol. The average molecular weight is 275 g/mol. The zero-order valence-corrected chi connectivity index (χ0v) is 11.3. The van der Waals surface area contributed by atoms with Crippen molar-refractivity contribution in [3.63, 3.8) is 0 Å². The van der Waals surface area contributed by atoms with Crippen LogP contribution in [0.5, 0.6) is 0 Å². The second kappa shape index (κ2) is 6.23. The van der Waals surface area contributed by atoms with Crippen LogP contribution in [0, 0.1) is 0 Å². The number of pyridine rings is 1. The number of carbonyl (C=O) groups excluding carboxylic acids is 1. The van der Waals surface area contributed by atoms with Gasteiger partial charge in [0.15, 0.2) is 0 Å². The summed E-state index contributed by atoms with van der Waals surface area (Å²) in [5.74, 6) is 0.246. The Morgan fingerprint density at radius 2 is 2.41 bits per heavy atom. The van der Waals surface area contributed by atoms with E-state index in [4.69, 9.17) is 11.6 Å². The highest BCUT2D eigenvalue weighted by molar-refractivity contribution is 7.98. The molecule has 94 valence electrons. The van der Waals surface area contributed by atoms with Gasteiger partial charge in [-0.3, -0.25) is 9.78 Å². The minimum absolute atomic E-state index is 0.186. The highest BCUT2D eigenvalue weighted by Gasteiger charge is 2.21. The molecule has 1 heterocycles. The van der Waals surface area contributed by atoms with Gasteiger partial charge in [-0.15, -0.1) is 0 Å². The topological polar surface area (TPSA) is 62.2 Å². The van der Waals surface area contributed by atoms with Gasteiger partial charge in [-0.2, -0.15) is 11.8 Å². The fraction of sp³-hybridized carbons (Fsp3) is 0.455. The van der Waals surface area contributed by atoms with Crippen molar-refractivity contribution in [2.75, 3.05) is 18.6 Å². The molecule has 0 radical (unpaired) electrons. The molecule has 6 heteroatoms. The molecule has 1 aromatic rings. The Morgan fingerprint density at radius 1 is 1.71 bits per heavy atom. The minimum Gasteiger partial charge on any atom is -0.387 e. The van der Waals surface area contributed by atoms with E-state index in [1.165, 1.54) is 24.2 Å². The number of halogens is 1. The summed E-state index contributed by atoms with van der Waals surface area (Å²) in [6.45, 7) is 1.86. The second-order valence-electron chi connectivity index (χ2n) is 3.97. The van der Waals surface area contributed by atoms with Gasteiger partial charge in [-0.05, 0) is 19.2 Å². The average Bonchev–Trinajstić information content (AvgIpc) is 2.27. The van der Waals surface area contributed by atoms with Gasteiger partial charge in [0.2, 0.25) is 0 Å². The van der Waals surface area contributed by atoms with Crippen LogP contribution >= 0.6 is 23.4 Å². The molecule has 0 aromatic carbocycles. The maximum Gasteiger partial charge on any atom is 0.253 e. The van der Waals surface area contributed by atoms with Crippen molar-refractivity contribution in [3.05, 3.63) is 29.0 Å². The summed E-state index contributed by atoms with van der Waals surface area (Å²) in [7, 11) is 0. The lowest BCUT2D eigenvalue weighted by atomic mass is 10.1. The van der Waals surface area contributed by atoms with Crippen molar-refractivity contribution in [3.8, 4) is 0 Å². The minimum atomic E-state index is -0.922. The fourth-order valence-electron chi connectivity index (χ4n) is 1.29. The zero-order valence-electron chi connectivity index (χ0n) is 9.74. The Morgan fingerprint density at radius 3 is 3.00 bits per heavy atom. The molecule has 1 atom stereocenters. The summed E-state index contributed by atoms with van der Waals surface area (Å²) in [5, 5.41) is 12.8. The third-order valence-corrected chi connectivity index (χ3v) is 3.31. The maximum absolute atomic E-state index is 11.8. The van der Waals surface area contributed by atoms with Gasteiger partial charge in [-0.25, -0.2) is 0 Å². The van der Waals surface area contributed by atoms with E-state index in [1.54, 1.807) is 13.0 Å². The number of carbonyl (C=O) groups is 1. The number of thioether (sulfide) groups is 1. The van der Waals surface area contributed by atoms with Crippen molar-refractivity contribution < 1.29 is 9.90 Å². The third kappa shape index (κ3) is 4.53. The monoisotopic (exact) mass is 274 g/mol. The van der Waals surface area contributed by atoms with E-state index in [0.717, 1.165) is 0 Å². The number of amides is 1. The summed E-state index contributed by atoms with van der Waals surface area (Å²) in [4.78, 5) is 15.6. The second-order valence-corrected chi connectivity index (χ2v) is 5.24. The van der Waals surface area contributed by atoms with Crippen LogP contribution < -0.4 is 5.32 Å². The molecule has 0 aliphatic carbocycles. The van der Waals surface area contributed by atoms with E-state index < -0.39 is 5.60 Å². The lowest BCUT2D eigenvalue weighted by Crippen LogP contribution is -2.42. The maximum atomic E-state index is 11.8. The van der Waals surface area contributed by atoms with Gasteiger partial charge < -0.3 is 10.4 Å². The first-order valence-electron chi connectivity index (χ1n) is 5.05. The Hall–Kier alpha value is -0.780. The molecule has 1 aromatic heterocycles. The first-order chi connectivity index (χ1) is 7.96. The SMILES string of the molecule is CSCC(C)(O)CNC(=O)c1ccncc1Cl. The van der Waals surface area contributed by atoms with Crippen LogP contribution in [0.15, 0.2) is 18.5 Å². The Kier molecular flexibility index (Phi) is 5.24. The Bertz CT molecular complexity index is 399. The van der Waals surface area contributed by atoms with E-state index >= 15 is 0 Å². The van der Waals surface area contributed by atoms with Crippen molar-refractivity contribution in [2.45, 2.75) is 12.5 Å². The first-order valence-corrected chi connectivity index (χ1v) is 6.82. The molecule has 0 spiro atoms. The van der Waals surface area contributed by atoms with E-state index in [9.17, 15) is 9.90 Å². The molecule has 1 rings (SSSR count). The highest BCUT2D eigenvalue weighted by Crippen LogP contribution is 2.14. The van der Waals surface area contributed by atoms with Gasteiger partial charge in [0, 0.05) is 24.7 Å². The van der Waals surface area contributed by atoms with Gasteiger partial charge in [0.1, 0.15) is 0 Å². The lowest BCUT2D eigenvalue weighted by Gasteiger charge is -2.22. The smallest absolute Gasteiger partial charge is 0.253 e. The largest absolute Gasteiger partial charge is 0.387 e. The summed E-state index contributed by atoms with van der Waals surface area (Å²) in [6.07, 6.45) is 4.81. The number of aromatic nitrogens is 1. The van der Waals surface area contributed by atoms with E-state index in [2.05, 4.69) is 10.3 Å². The normalized spacial score (nSPS) is 14.1. The molecule has 17 heavy (non-hydrogen) atoms. The summed E-state index contributed by atoms with van der Waals surface area (Å²) in [5.41, 5.74) is -0.559. The molecule has 1 amide bonds. The molecular formula is C11H15ClN2O2S. The molecule has 2 N–H and O–H groups in total. The Labute approximate surface area is 110 Å². The van der Waals surface area contributed by atoms with E-state index in [-0.39, 0.29) is 12.5 Å². The van der Waals surface area contributed by atoms with Crippen LogP contribution in [-0.4, -0.2) is 40.2 Å². The number of aliphatic hydroxyl groups is 1. The molecule has 0 aliphatic rings. The highest BCUT2D eigenvalue weighted by atomic mass is 35.5. The summed E-state index contributed by atoms with van der Waals surface area (Å²) < 4.78 is 0. The van der Waals surface area contributed by atoms with Gasteiger partial charge in [0.25, 0.3) is 5.91 Å². The fourth-order valence-corrected chi connectivity index (χ4v) is 2.22. The van der Waals surface area contributed by atoms with Crippen LogP contribution in [-0.2, 0) is 0 Å². The van der Waals surface area contributed by atoms with E-state index in [1.807, 2.05) is 6.26 Å². The van der Waals surface area contributed by atoms with Crippen molar-refractivity contribution in [1.82, 2.24) is 10.3 Å². The quantitative estimate of drug-likeness (QED) is 0.856. The van der Waals surface area contributed by atoms with Gasteiger partial charge >= 0.3 is 0 Å². The van der Waals surface area contributed by atoms with E-state index in [0.29, 0.717) is 16.3 Å². The lowest BCUT2D eigenvalue weighted by molar-refractivity contribution is 0.0725. The predicted octanol–water partition coefficient (Wildman–Crippen LogP) is 1.58. The van der Waals surface area contributed by atoms with Crippen LogP contribution in [0.4, 0.5) is 0 Å². The summed E-state index contributed by atoms with van der Waals surface area (Å²) in [6, 6.07) is 1.54. The van der Waals surface area contributed by atoms with Crippen LogP contribution in [0.3, 0.4) is 0 Å². The summed E-state index contributed by atoms with van der Waals surface area (Å²) >= 11 is 7.36. The number of hydrogen-bond donors (Lipinski definition) is 2. The standard InChI is InChI=1S/C11H15ClN2O2S/c1-11(16,7-17-2)6-14-10(15)8-3-4-13-5-9(8)12/h3-5,16H,6-7H2,1-2H3,(H,14,15). The van der Waals surface area contributed by atoms with Crippen LogP contribution in [0.1, 0.15) is 17.3 Å². The molecule has 0 aliphatic heterocycles. The number of nitrogens with one attached hydrogen (secondary N) is 1.